The van der Waals surface area contributed by atoms with E-state index in [1.165, 1.54) is 23.1 Å². The van der Waals surface area contributed by atoms with Gasteiger partial charge in [0.2, 0.25) is 5.91 Å². The van der Waals surface area contributed by atoms with Crippen molar-refractivity contribution in [1.82, 2.24) is 4.98 Å². The fourth-order valence-corrected chi connectivity index (χ4v) is 3.17. The first-order valence-corrected chi connectivity index (χ1v) is 8.25. The lowest BCUT2D eigenvalue weighted by atomic mass is 9.93. The zero-order chi connectivity index (χ0) is 14.6. The summed E-state index contributed by atoms with van der Waals surface area (Å²) in [5, 5.41) is 5.53. The van der Waals surface area contributed by atoms with Crippen molar-refractivity contribution in [2.24, 2.45) is 0 Å². The van der Waals surface area contributed by atoms with Crippen molar-refractivity contribution >= 4 is 34.1 Å². The summed E-state index contributed by atoms with van der Waals surface area (Å²) in [4.78, 5) is 17.4. The van der Waals surface area contributed by atoms with E-state index in [0.717, 1.165) is 10.6 Å². The molecule has 0 radical (unpaired) electrons. The number of hydrogen-bond donors (Lipinski definition) is 1. The van der Waals surface area contributed by atoms with Gasteiger partial charge in [0.25, 0.3) is 0 Å². The normalized spacial score (nSPS) is 11.3. The van der Waals surface area contributed by atoms with Crippen LogP contribution in [-0.4, -0.2) is 16.6 Å². The molecular formula is C15H18N2OS2. The summed E-state index contributed by atoms with van der Waals surface area (Å²) in [6.45, 7) is 6.33. The smallest absolute Gasteiger partial charge is 0.236 e. The summed E-state index contributed by atoms with van der Waals surface area (Å²) in [7, 11) is 0. The predicted molar refractivity (Wildman–Crippen MR) is 86.6 cm³/mol. The lowest BCUT2D eigenvalue weighted by Gasteiger charge is -2.14. The van der Waals surface area contributed by atoms with Crippen molar-refractivity contribution < 1.29 is 4.79 Å². The van der Waals surface area contributed by atoms with Crippen molar-refractivity contribution in [1.29, 1.82) is 0 Å². The molecule has 106 valence electrons. The lowest BCUT2D eigenvalue weighted by Crippen LogP contribution is -2.15. The van der Waals surface area contributed by atoms with Crippen LogP contribution in [0.1, 0.15) is 26.5 Å². The number of thiazole rings is 1. The summed E-state index contributed by atoms with van der Waals surface area (Å²) in [5.74, 6) is 0.378. The number of carbonyl (C=O) groups excluding carboxylic acids is 1. The van der Waals surface area contributed by atoms with E-state index in [4.69, 9.17) is 0 Å². The number of aromatic nitrogens is 1. The largest absolute Gasteiger partial charge is 0.301 e. The maximum Gasteiger partial charge on any atom is 0.236 e. The van der Waals surface area contributed by atoms with Crippen molar-refractivity contribution in [3.05, 3.63) is 41.4 Å². The molecule has 20 heavy (non-hydrogen) atoms. The van der Waals surface area contributed by atoms with Crippen LogP contribution in [0.4, 0.5) is 5.13 Å². The van der Waals surface area contributed by atoms with Crippen LogP contribution in [0, 0.1) is 0 Å². The third-order valence-corrected chi connectivity index (χ3v) is 4.40. The second-order valence-corrected chi connectivity index (χ2v) is 7.34. The summed E-state index contributed by atoms with van der Waals surface area (Å²) in [6.07, 6.45) is 0. The SMILES string of the molecule is CC(C)(C)c1csc(NC(=O)CSc2ccccc2)n1. The molecule has 1 N–H and O–H groups in total. The van der Waals surface area contributed by atoms with Gasteiger partial charge < -0.3 is 5.32 Å². The molecule has 0 unspecified atom stereocenters. The van der Waals surface area contributed by atoms with Gasteiger partial charge in [0.15, 0.2) is 5.13 Å². The van der Waals surface area contributed by atoms with Crippen LogP contribution in [0.15, 0.2) is 40.6 Å². The maximum absolute atomic E-state index is 11.9. The molecule has 0 spiro atoms. The Balaban J connectivity index is 1.87. The Morgan fingerprint density at radius 2 is 2.00 bits per heavy atom. The van der Waals surface area contributed by atoms with E-state index in [9.17, 15) is 4.79 Å². The molecule has 0 aliphatic heterocycles. The fourth-order valence-electron chi connectivity index (χ4n) is 1.50. The lowest BCUT2D eigenvalue weighted by molar-refractivity contribution is -0.113. The molecule has 0 aliphatic carbocycles. The number of nitrogens with one attached hydrogen (secondary N) is 1. The Labute approximate surface area is 127 Å². The monoisotopic (exact) mass is 306 g/mol. The number of carbonyl (C=O) groups is 1. The van der Waals surface area contributed by atoms with Gasteiger partial charge in [-0.1, -0.05) is 39.0 Å². The number of benzene rings is 1. The van der Waals surface area contributed by atoms with E-state index in [1.54, 1.807) is 0 Å². The third kappa shape index (κ3) is 4.35. The van der Waals surface area contributed by atoms with Gasteiger partial charge in [-0.05, 0) is 12.1 Å². The van der Waals surface area contributed by atoms with Gasteiger partial charge in [-0.25, -0.2) is 4.98 Å². The van der Waals surface area contributed by atoms with Gasteiger partial charge in [0.05, 0.1) is 11.4 Å². The van der Waals surface area contributed by atoms with Crippen LogP contribution in [0.3, 0.4) is 0 Å². The van der Waals surface area contributed by atoms with Gasteiger partial charge in [-0.2, -0.15) is 0 Å². The fraction of sp³-hybridized carbons (Fsp3) is 0.333. The van der Waals surface area contributed by atoms with Gasteiger partial charge in [-0.15, -0.1) is 23.1 Å². The summed E-state index contributed by atoms with van der Waals surface area (Å²) in [5.41, 5.74) is 1.02. The quantitative estimate of drug-likeness (QED) is 0.862. The second-order valence-electron chi connectivity index (χ2n) is 5.44. The molecule has 5 heteroatoms. The van der Waals surface area contributed by atoms with E-state index >= 15 is 0 Å². The highest BCUT2D eigenvalue weighted by atomic mass is 32.2. The second kappa shape index (κ2) is 6.41. The van der Waals surface area contributed by atoms with E-state index in [0.29, 0.717) is 10.9 Å². The molecule has 1 aromatic carbocycles. The van der Waals surface area contributed by atoms with Crippen LogP contribution in [0.2, 0.25) is 0 Å². The summed E-state index contributed by atoms with van der Waals surface area (Å²) < 4.78 is 0. The highest BCUT2D eigenvalue weighted by Gasteiger charge is 2.18. The number of hydrogen-bond acceptors (Lipinski definition) is 4. The maximum atomic E-state index is 11.9. The molecule has 1 amide bonds. The van der Waals surface area contributed by atoms with Crippen LogP contribution in [0.25, 0.3) is 0 Å². The summed E-state index contributed by atoms with van der Waals surface area (Å²) >= 11 is 3.00. The molecule has 0 bridgehead atoms. The molecule has 0 atom stereocenters. The van der Waals surface area contributed by atoms with Gasteiger partial charge in [0, 0.05) is 15.7 Å². The number of rotatable bonds is 4. The van der Waals surface area contributed by atoms with Gasteiger partial charge >= 0.3 is 0 Å². The molecule has 2 rings (SSSR count). The molecule has 1 aromatic heterocycles. The number of nitrogens with zero attached hydrogens (tertiary/aromatic N) is 1. The predicted octanol–water partition coefficient (Wildman–Crippen LogP) is 4.17. The Bertz CT molecular complexity index is 573. The third-order valence-electron chi connectivity index (χ3n) is 2.63. The van der Waals surface area contributed by atoms with Crippen LogP contribution in [0.5, 0.6) is 0 Å². The standard InChI is InChI=1S/C15H18N2OS2/c1-15(2,3)12-9-20-14(16-12)17-13(18)10-19-11-7-5-4-6-8-11/h4-9H,10H2,1-3H3,(H,16,17,18). The van der Waals surface area contributed by atoms with Gasteiger partial charge in [0.1, 0.15) is 0 Å². The number of thioether (sulfide) groups is 1. The molecule has 3 nitrogen and oxygen atoms in total. The average molecular weight is 306 g/mol. The molecule has 0 fully saturated rings. The van der Waals surface area contributed by atoms with Crippen molar-refractivity contribution in [2.45, 2.75) is 31.1 Å². The van der Waals surface area contributed by atoms with Crippen LogP contribution >= 0.6 is 23.1 Å². The van der Waals surface area contributed by atoms with Crippen molar-refractivity contribution in [3.63, 3.8) is 0 Å². The Hall–Kier alpha value is -1.33. The minimum absolute atomic E-state index is 0.0122. The Morgan fingerprint density at radius 1 is 1.30 bits per heavy atom. The van der Waals surface area contributed by atoms with Crippen molar-refractivity contribution in [3.8, 4) is 0 Å². The van der Waals surface area contributed by atoms with Crippen LogP contribution in [-0.2, 0) is 10.2 Å². The van der Waals surface area contributed by atoms with Crippen molar-refractivity contribution in [2.75, 3.05) is 11.1 Å². The van der Waals surface area contributed by atoms with E-state index in [-0.39, 0.29) is 11.3 Å². The average Bonchev–Trinajstić information content (AvgIpc) is 2.86. The first kappa shape index (κ1) is 15.1. The van der Waals surface area contributed by atoms with Gasteiger partial charge in [-0.3, -0.25) is 4.79 Å². The highest BCUT2D eigenvalue weighted by Crippen LogP contribution is 2.26. The first-order chi connectivity index (χ1) is 9.45. The topological polar surface area (TPSA) is 42.0 Å². The zero-order valence-corrected chi connectivity index (χ0v) is 13.5. The minimum Gasteiger partial charge on any atom is -0.301 e. The molecule has 0 saturated heterocycles. The minimum atomic E-state index is -0.0198. The molecule has 2 aromatic rings. The first-order valence-electron chi connectivity index (χ1n) is 6.39. The van der Waals surface area contributed by atoms with Crippen LogP contribution < -0.4 is 5.32 Å². The Morgan fingerprint density at radius 3 is 2.60 bits per heavy atom. The zero-order valence-electron chi connectivity index (χ0n) is 11.8. The number of anilines is 1. The molecular weight excluding hydrogens is 288 g/mol. The number of amides is 1. The molecule has 0 aliphatic rings. The highest BCUT2D eigenvalue weighted by molar-refractivity contribution is 8.00. The van der Waals surface area contributed by atoms with E-state index < -0.39 is 0 Å². The molecule has 0 saturated carbocycles. The molecule has 1 heterocycles. The summed E-state index contributed by atoms with van der Waals surface area (Å²) in [6, 6.07) is 9.90. The Kier molecular flexibility index (Phi) is 4.83. The van der Waals surface area contributed by atoms with E-state index in [2.05, 4.69) is 31.1 Å². The van der Waals surface area contributed by atoms with E-state index in [1.807, 2.05) is 35.7 Å².